The van der Waals surface area contributed by atoms with Crippen LogP contribution in [0.3, 0.4) is 0 Å². The van der Waals surface area contributed by atoms with Gasteiger partial charge >= 0.3 is 5.97 Å². The number of nitrogens with one attached hydrogen (secondary N) is 1. The fourth-order valence-corrected chi connectivity index (χ4v) is 5.56. The van der Waals surface area contributed by atoms with E-state index in [4.69, 9.17) is 25.8 Å². The summed E-state index contributed by atoms with van der Waals surface area (Å²) in [6.07, 6.45) is 0.383. The van der Waals surface area contributed by atoms with Gasteiger partial charge in [0.1, 0.15) is 12.2 Å². The molecule has 0 aromatic heterocycles. The van der Waals surface area contributed by atoms with Crippen LogP contribution >= 0.6 is 24.0 Å². The van der Waals surface area contributed by atoms with Gasteiger partial charge in [-0.3, -0.25) is 9.59 Å². The molecule has 0 spiro atoms. The number of nitrogens with zero attached hydrogens (tertiary/aromatic N) is 1. The van der Waals surface area contributed by atoms with Crippen LogP contribution < -0.4 is 19.7 Å². The molecule has 3 aromatic carbocycles. The quantitative estimate of drug-likeness (QED) is 0.178. The van der Waals surface area contributed by atoms with Gasteiger partial charge in [-0.1, -0.05) is 74.8 Å². The van der Waals surface area contributed by atoms with Crippen molar-refractivity contribution < 1.29 is 28.9 Å². The van der Waals surface area contributed by atoms with E-state index in [-0.39, 0.29) is 17.8 Å². The first-order valence-electron chi connectivity index (χ1n) is 15.1. The van der Waals surface area contributed by atoms with Crippen molar-refractivity contribution in [1.29, 1.82) is 0 Å². The Morgan fingerprint density at radius 3 is 2.44 bits per heavy atom. The average molecular weight is 660 g/mol. The first-order chi connectivity index (χ1) is 21.1. The Bertz CT molecular complexity index is 1410. The van der Waals surface area contributed by atoms with E-state index >= 15 is 0 Å². The number of rotatable bonds is 14. The number of carboxylic acids is 1. The molecule has 2 N–H and O–H groups in total. The molecule has 8 nitrogen and oxygen atoms in total. The molecule has 0 unspecified atom stereocenters. The summed E-state index contributed by atoms with van der Waals surface area (Å²) in [5.74, 6) is -0.529. The van der Waals surface area contributed by atoms with Crippen molar-refractivity contribution in [2.75, 3.05) is 38.3 Å². The number of benzene rings is 3. The molecule has 1 amide bonds. The molecule has 0 saturated heterocycles. The molecule has 2 atom stereocenters. The predicted octanol–water partition coefficient (Wildman–Crippen LogP) is 7.10. The number of methoxy groups -OCH3 is 1. The van der Waals surface area contributed by atoms with Gasteiger partial charge in [-0.25, -0.2) is 0 Å². The van der Waals surface area contributed by atoms with Gasteiger partial charge in [-0.05, 0) is 67.6 Å². The Morgan fingerprint density at radius 1 is 1.02 bits per heavy atom. The van der Waals surface area contributed by atoms with Gasteiger partial charge < -0.3 is 29.5 Å². The molecule has 0 radical (unpaired) electrons. The molecule has 244 valence electrons. The molecule has 1 aliphatic rings. The number of hydrogen-bond acceptors (Lipinski definition) is 6. The highest BCUT2D eigenvalue weighted by atomic mass is 35.5. The fraction of sp³-hybridized carbons (Fsp3) is 0.429. The number of ether oxygens (including phenoxy) is 3. The van der Waals surface area contributed by atoms with Crippen LogP contribution in [0.15, 0.2) is 66.7 Å². The Balaban J connectivity index is 0.00000552. The van der Waals surface area contributed by atoms with E-state index in [0.29, 0.717) is 46.5 Å². The standard InChI is InChI=1S/C35H43ClN2O6.ClH/c1-35(2,3)23-38-28-17-16-25(36)21-27(28)32(44-30(34(38)41)22-31(39)40)26-14-8-15-29(33(26)42-4)43-20-10-19-37-18-9-13-24-11-6-5-7-12-24;/h5-8,11-12,14-17,21,30,32,37H,9-10,13,18-20,22-23H2,1-4H3,(H,39,40);1H/t30-,32-;/m1./s1. The van der Waals surface area contributed by atoms with Gasteiger partial charge in [-0.2, -0.15) is 0 Å². The van der Waals surface area contributed by atoms with Crippen molar-refractivity contribution in [2.24, 2.45) is 5.41 Å². The average Bonchev–Trinajstić information content (AvgIpc) is 3.08. The van der Waals surface area contributed by atoms with E-state index in [0.717, 1.165) is 32.4 Å². The first-order valence-corrected chi connectivity index (χ1v) is 15.5. The van der Waals surface area contributed by atoms with Gasteiger partial charge in [0.15, 0.2) is 11.5 Å². The zero-order valence-electron chi connectivity index (χ0n) is 26.4. The lowest BCUT2D eigenvalue weighted by Gasteiger charge is -2.31. The van der Waals surface area contributed by atoms with Crippen LogP contribution in [0.5, 0.6) is 11.5 Å². The number of fused-ring (bicyclic) bond motifs is 1. The van der Waals surface area contributed by atoms with Crippen molar-refractivity contribution >= 4 is 41.6 Å². The Kier molecular flexibility index (Phi) is 13.5. The largest absolute Gasteiger partial charge is 0.492 e. The van der Waals surface area contributed by atoms with Gasteiger partial charge in [0.05, 0.1) is 20.1 Å². The molecule has 3 aromatic rings. The number of anilines is 1. The molecule has 4 rings (SSSR count). The van der Waals surface area contributed by atoms with Crippen molar-refractivity contribution in [2.45, 2.75) is 58.7 Å². The van der Waals surface area contributed by atoms with Crippen LogP contribution in [0, 0.1) is 5.41 Å². The lowest BCUT2D eigenvalue weighted by molar-refractivity contribution is -0.147. The second kappa shape index (κ2) is 16.9. The molecular weight excluding hydrogens is 615 g/mol. The van der Waals surface area contributed by atoms with Crippen molar-refractivity contribution in [3.05, 3.63) is 88.4 Å². The SMILES string of the molecule is COc1c(OCCCNCCCc2ccccc2)cccc1[C@H]1O[C@H](CC(=O)O)C(=O)N(CC(C)(C)C)c2ccc(Cl)cc21.Cl. The van der Waals surface area contributed by atoms with E-state index in [2.05, 4.69) is 29.6 Å². The smallest absolute Gasteiger partial charge is 0.306 e. The third-order valence-corrected chi connectivity index (χ3v) is 7.55. The zero-order chi connectivity index (χ0) is 31.7. The number of carbonyl (C=O) groups excluding carboxylic acids is 1. The molecule has 1 aliphatic heterocycles. The number of para-hydroxylation sites is 1. The van der Waals surface area contributed by atoms with E-state index < -0.39 is 30.5 Å². The van der Waals surface area contributed by atoms with E-state index in [1.54, 1.807) is 30.2 Å². The summed E-state index contributed by atoms with van der Waals surface area (Å²) in [4.78, 5) is 27.2. The molecule has 1 heterocycles. The van der Waals surface area contributed by atoms with Crippen LogP contribution in [0.1, 0.15) is 62.8 Å². The summed E-state index contributed by atoms with van der Waals surface area (Å²) in [5.41, 5.74) is 2.97. The summed E-state index contributed by atoms with van der Waals surface area (Å²) in [6.45, 7) is 8.65. The Morgan fingerprint density at radius 2 is 1.76 bits per heavy atom. The molecule has 0 bridgehead atoms. The Labute approximate surface area is 277 Å². The van der Waals surface area contributed by atoms with Gasteiger partial charge in [0.2, 0.25) is 0 Å². The van der Waals surface area contributed by atoms with Crippen LogP contribution in [0.2, 0.25) is 5.02 Å². The number of carboxylic acid groups (broad SMARTS) is 1. The van der Waals surface area contributed by atoms with Crippen LogP contribution in [0.4, 0.5) is 5.69 Å². The van der Waals surface area contributed by atoms with Crippen molar-refractivity contribution in [3.8, 4) is 11.5 Å². The number of amides is 1. The first kappa shape index (κ1) is 36.2. The van der Waals surface area contributed by atoms with Crippen molar-refractivity contribution in [1.82, 2.24) is 5.32 Å². The predicted molar refractivity (Wildman–Crippen MR) is 180 cm³/mol. The summed E-state index contributed by atoms with van der Waals surface area (Å²) in [6, 6.07) is 21.3. The maximum Gasteiger partial charge on any atom is 0.306 e. The molecule has 10 heteroatoms. The number of aryl methyl sites for hydroxylation is 1. The van der Waals surface area contributed by atoms with Crippen molar-refractivity contribution in [3.63, 3.8) is 0 Å². The Hall–Kier alpha value is -3.30. The van der Waals surface area contributed by atoms with Gasteiger partial charge in [-0.15, -0.1) is 12.4 Å². The minimum atomic E-state index is -1.21. The van der Waals surface area contributed by atoms with Crippen LogP contribution in [-0.2, 0) is 20.7 Å². The highest BCUT2D eigenvalue weighted by Gasteiger charge is 2.40. The minimum absolute atomic E-state index is 0. The summed E-state index contributed by atoms with van der Waals surface area (Å²) >= 11 is 6.47. The van der Waals surface area contributed by atoms with Gasteiger partial charge in [0.25, 0.3) is 5.91 Å². The molecular formula is C35H44Cl2N2O6. The summed E-state index contributed by atoms with van der Waals surface area (Å²) in [5, 5.41) is 13.6. The third-order valence-electron chi connectivity index (χ3n) is 7.31. The van der Waals surface area contributed by atoms with E-state index in [9.17, 15) is 14.7 Å². The molecule has 45 heavy (non-hydrogen) atoms. The lowest BCUT2D eigenvalue weighted by atomic mass is 9.94. The van der Waals surface area contributed by atoms with Crippen LogP contribution in [0.25, 0.3) is 0 Å². The maximum absolute atomic E-state index is 13.8. The number of aliphatic carboxylic acids is 1. The second-order valence-corrected chi connectivity index (χ2v) is 12.6. The monoisotopic (exact) mass is 658 g/mol. The highest BCUT2D eigenvalue weighted by Crippen LogP contribution is 2.45. The van der Waals surface area contributed by atoms with E-state index in [1.165, 1.54) is 5.56 Å². The topological polar surface area (TPSA) is 97.3 Å². The maximum atomic E-state index is 13.8. The van der Waals surface area contributed by atoms with E-state index in [1.807, 2.05) is 45.0 Å². The number of halogens is 2. The summed E-state index contributed by atoms with van der Waals surface area (Å²) < 4.78 is 18.4. The molecule has 0 fully saturated rings. The number of hydrogen-bond donors (Lipinski definition) is 2. The minimum Gasteiger partial charge on any atom is -0.492 e. The number of carbonyl (C=O) groups is 2. The molecule has 0 aliphatic carbocycles. The van der Waals surface area contributed by atoms with Crippen LogP contribution in [-0.4, -0.2) is 56.4 Å². The van der Waals surface area contributed by atoms with Gasteiger partial charge in [0, 0.05) is 28.4 Å². The third kappa shape index (κ3) is 10.1. The molecule has 0 saturated carbocycles. The zero-order valence-corrected chi connectivity index (χ0v) is 28.0. The highest BCUT2D eigenvalue weighted by molar-refractivity contribution is 6.30. The second-order valence-electron chi connectivity index (χ2n) is 12.2. The lowest BCUT2D eigenvalue weighted by Crippen LogP contribution is -2.44. The summed E-state index contributed by atoms with van der Waals surface area (Å²) in [7, 11) is 1.56. The normalized spacial score (nSPS) is 16.4. The fourth-order valence-electron chi connectivity index (χ4n) is 5.38.